The summed E-state index contributed by atoms with van der Waals surface area (Å²) in [6, 6.07) is 49.8. The lowest BCUT2D eigenvalue weighted by molar-refractivity contribution is -0.142. The maximum absolute atomic E-state index is 13.7. The number of carboxylic acid groups (broad SMARTS) is 1. The van der Waals surface area contributed by atoms with Crippen molar-refractivity contribution in [2.24, 2.45) is 22.2 Å². The van der Waals surface area contributed by atoms with Crippen LogP contribution in [0.5, 0.6) is 0 Å². The lowest BCUT2D eigenvalue weighted by Crippen LogP contribution is -2.45. The molecular weight excluding hydrogens is 1330 g/mol. The molecule has 8 bridgehead atoms. The number of nitrogen functional groups attached to an aromatic ring is 6. The Morgan fingerprint density at radius 3 is 1.06 bits per heavy atom. The zero-order chi connectivity index (χ0) is 74.8. The minimum atomic E-state index is -0.931. The minimum absolute atomic E-state index is 0.0210. The number of nitrogens with one attached hydrogen (secondary N) is 2. The quantitative estimate of drug-likeness (QED) is 0.0607. The Morgan fingerprint density at radius 2 is 0.726 bits per heavy atom. The number of aryl methyl sites for hydroxylation is 8. The minimum Gasteiger partial charge on any atom is -0.480 e. The number of hydrogen-bond acceptors (Lipinski definition) is 13. The molecule has 22 rings (SSSR count). The predicted molar refractivity (Wildman–Crippen MR) is 424 cm³/mol. The monoisotopic (exact) mass is 1430 g/mol. The van der Waals surface area contributed by atoms with Crippen LogP contribution in [0.1, 0.15) is 157 Å². The number of likely N-dealkylation sites (tertiary alicyclic amines) is 2. The van der Waals surface area contributed by atoms with Crippen molar-refractivity contribution in [1.29, 1.82) is 0 Å². The Hall–Kier alpha value is -10.5. The highest BCUT2D eigenvalue weighted by Gasteiger charge is 2.57. The third-order valence-electron chi connectivity index (χ3n) is 23.3. The van der Waals surface area contributed by atoms with E-state index in [0.717, 1.165) is 118 Å². The van der Waals surface area contributed by atoms with Gasteiger partial charge in [-0.15, -0.1) is 0 Å². The molecule has 2 saturated heterocycles. The van der Waals surface area contributed by atoms with E-state index in [2.05, 4.69) is 102 Å². The van der Waals surface area contributed by atoms with E-state index in [-0.39, 0.29) is 28.6 Å². The van der Waals surface area contributed by atoms with Crippen molar-refractivity contribution in [2.75, 3.05) is 58.1 Å². The van der Waals surface area contributed by atoms with Crippen LogP contribution in [0.25, 0.3) is 44.5 Å². The lowest BCUT2D eigenvalue weighted by Gasteiger charge is -2.28. The van der Waals surface area contributed by atoms with Gasteiger partial charge in [-0.1, -0.05) is 97.1 Å². The SMILES string of the molecule is CC(C)(C)OC(=O)N1CC2(CC2)C[C@H]1C(=O)Nc1ccc(-c2cc3ccc2CCc2ccc(c(-c4ccc(NC(=O)C5CCC6(CC6)C5)c(N)c4)c2)CC3)cc1N.CC(C)(C)OC(=O)N1CC2(CC2)C[C@H]1C(=O)O.Nc1ccc(-c2cc3ccc2CCc2ccc(c(-c4ccc(N)c(N)c4)c2)CC3)cc1N. The van der Waals surface area contributed by atoms with Crippen molar-refractivity contribution < 1.29 is 38.6 Å². The normalized spacial score (nSPS) is 19.5. The van der Waals surface area contributed by atoms with Crippen LogP contribution in [0.15, 0.2) is 146 Å². The number of nitrogens with two attached hydrogens (primary N) is 6. The van der Waals surface area contributed by atoms with Gasteiger partial charge in [-0.3, -0.25) is 19.4 Å². The molecule has 0 aromatic heterocycles. The summed E-state index contributed by atoms with van der Waals surface area (Å²) in [5, 5.41) is 15.3. The largest absolute Gasteiger partial charge is 0.480 e. The maximum Gasteiger partial charge on any atom is 0.411 e. The maximum atomic E-state index is 13.7. The van der Waals surface area contributed by atoms with E-state index < -0.39 is 41.4 Å². The number of amides is 4. The van der Waals surface area contributed by atoms with Crippen molar-refractivity contribution >= 4 is 75.5 Å². The van der Waals surface area contributed by atoms with Gasteiger partial charge in [0.2, 0.25) is 11.8 Å². The Balaban J connectivity index is 0.000000160. The number of nitrogens with zero attached hydrogens (tertiary/aromatic N) is 2. The molecule has 6 fully saturated rings. The Kier molecular flexibility index (Phi) is 19.4. The molecule has 106 heavy (non-hydrogen) atoms. The molecule has 18 nitrogen and oxygen atoms in total. The molecule has 4 amide bonds. The van der Waals surface area contributed by atoms with Crippen LogP contribution < -0.4 is 45.0 Å². The molecule has 15 N–H and O–H groups in total. The molecule has 3 atom stereocenters. The molecule has 2 heterocycles. The lowest BCUT2D eigenvalue weighted by atomic mass is 9.87. The first-order valence-corrected chi connectivity index (χ1v) is 37.9. The molecule has 8 aromatic rings. The second-order valence-electron chi connectivity index (χ2n) is 33.7. The van der Waals surface area contributed by atoms with Gasteiger partial charge < -0.3 is 59.6 Å². The molecule has 1 unspecified atom stereocenters. The number of benzene rings is 8. The fraction of sp³-hybridized carbons (Fsp3) is 0.398. The number of anilines is 8. The Morgan fingerprint density at radius 1 is 0.387 bits per heavy atom. The summed E-state index contributed by atoms with van der Waals surface area (Å²) in [6.45, 7) is 11.9. The van der Waals surface area contributed by atoms with Gasteiger partial charge in [-0.05, 0) is 317 Å². The van der Waals surface area contributed by atoms with Gasteiger partial charge in [0, 0.05) is 19.0 Å². The van der Waals surface area contributed by atoms with E-state index in [9.17, 15) is 24.0 Å². The topological polar surface area (TPSA) is 311 Å². The summed E-state index contributed by atoms with van der Waals surface area (Å²) in [4.78, 5) is 66.0. The van der Waals surface area contributed by atoms with Gasteiger partial charge in [0.05, 0.1) is 45.5 Å². The number of carbonyl (C=O) groups is 5. The van der Waals surface area contributed by atoms with Crippen LogP contribution in [0.3, 0.4) is 0 Å². The average Bonchev–Trinajstić information content (AvgIpc) is 1.58. The second kappa shape index (κ2) is 28.4. The van der Waals surface area contributed by atoms with E-state index in [1.165, 1.54) is 85.4 Å². The molecule has 2 aliphatic heterocycles. The van der Waals surface area contributed by atoms with Gasteiger partial charge in [0.1, 0.15) is 23.3 Å². The average molecular weight is 1430 g/mol. The van der Waals surface area contributed by atoms with Crippen LogP contribution in [0.2, 0.25) is 0 Å². The van der Waals surface area contributed by atoms with Crippen LogP contribution in [-0.4, -0.2) is 81.3 Å². The highest BCUT2D eigenvalue weighted by molar-refractivity contribution is 6.00. The van der Waals surface area contributed by atoms with Crippen molar-refractivity contribution in [3.63, 3.8) is 0 Å². The molecule has 552 valence electrons. The zero-order valence-corrected chi connectivity index (χ0v) is 62.1. The summed E-state index contributed by atoms with van der Waals surface area (Å²) >= 11 is 0. The van der Waals surface area contributed by atoms with E-state index in [1.807, 2.05) is 75.4 Å². The fourth-order valence-electron chi connectivity index (χ4n) is 16.5. The third-order valence-corrected chi connectivity index (χ3v) is 23.3. The molecule has 14 aliphatic rings. The summed E-state index contributed by atoms with van der Waals surface area (Å²) in [5.41, 5.74) is 60.9. The molecule has 18 heteroatoms. The number of aliphatic carboxylic acids is 1. The molecule has 12 aliphatic carbocycles. The van der Waals surface area contributed by atoms with E-state index in [0.29, 0.717) is 76.8 Å². The van der Waals surface area contributed by atoms with Crippen LogP contribution in [0.4, 0.5) is 55.1 Å². The van der Waals surface area contributed by atoms with Crippen LogP contribution >= 0.6 is 0 Å². The number of carboxylic acids is 1. The third kappa shape index (κ3) is 16.3. The highest BCUT2D eigenvalue weighted by Crippen LogP contribution is 2.60. The van der Waals surface area contributed by atoms with Gasteiger partial charge in [0.15, 0.2) is 0 Å². The highest BCUT2D eigenvalue weighted by atomic mass is 16.6. The Labute approximate surface area is 622 Å². The molecular formula is C88H102N10O8. The van der Waals surface area contributed by atoms with E-state index in [1.54, 1.807) is 25.7 Å². The van der Waals surface area contributed by atoms with Crippen LogP contribution in [0, 0.1) is 22.2 Å². The summed E-state index contributed by atoms with van der Waals surface area (Å²) in [6.07, 6.45) is 17.2. The smallest absolute Gasteiger partial charge is 0.411 e. The molecule has 4 saturated carbocycles. The van der Waals surface area contributed by atoms with Crippen molar-refractivity contribution in [3.05, 3.63) is 190 Å². The summed E-state index contributed by atoms with van der Waals surface area (Å²) < 4.78 is 10.9. The number of hydrogen-bond donors (Lipinski definition) is 9. The predicted octanol–water partition coefficient (Wildman–Crippen LogP) is 16.4. The number of rotatable bonds is 9. The van der Waals surface area contributed by atoms with Crippen LogP contribution in [-0.2, 0) is 75.2 Å². The number of ether oxygens (including phenoxy) is 2. The van der Waals surface area contributed by atoms with Crippen molar-refractivity contribution in [2.45, 2.75) is 187 Å². The number of carbonyl (C=O) groups excluding carboxylic acids is 4. The van der Waals surface area contributed by atoms with Gasteiger partial charge in [0.25, 0.3) is 0 Å². The van der Waals surface area contributed by atoms with Crippen molar-refractivity contribution in [1.82, 2.24) is 9.80 Å². The van der Waals surface area contributed by atoms with Gasteiger partial charge in [-0.2, -0.15) is 0 Å². The van der Waals surface area contributed by atoms with E-state index in [4.69, 9.17) is 49.0 Å². The standard InChI is InChI=1S/C48H55N5O4.C28H28N4.C12H19NO4/c1-46(2,3)57-45(56)53-28-48(20-21-48)27-42(53)44(55)52-41-15-13-34(25-39(41)50)37-23-30-5-9-31-8-4-29(6-10-32(37)11-7-30)22-36(31)33-12-14-40(38(49)24-33)51-43(54)35-16-17-47(26-35)18-19-47;29-25-11-9-21(15-27(25)31)23-13-17-1-5-19(23)8-4-18-2-6-20(7-3-17)24(14-18)22-10-12-26(30)28(32)16-22;1-11(2,3)17-10(16)13-7-12(4-5-12)6-8(13)9(14)15/h4,7-8,11-15,22-25,35,42H,5-6,9-10,16-21,26-28,49-50H2,1-3H3,(H,51,54)(H,52,55);1-2,5-6,9-16H,3-4,7-8,29-32H2;8H,4-7H2,1-3H3,(H,14,15)/t35?,42-;;8-/m0.0/s1. The first kappa shape index (κ1) is 72.5. The summed E-state index contributed by atoms with van der Waals surface area (Å²) in [5.74, 6) is -0.977. The summed E-state index contributed by atoms with van der Waals surface area (Å²) in [7, 11) is 0. The van der Waals surface area contributed by atoms with Crippen molar-refractivity contribution in [3.8, 4) is 44.5 Å². The molecule has 8 aromatic carbocycles. The van der Waals surface area contributed by atoms with Gasteiger partial charge >= 0.3 is 18.2 Å². The first-order chi connectivity index (χ1) is 50.4. The molecule has 3 spiro atoms. The fourth-order valence-corrected chi connectivity index (χ4v) is 16.5. The zero-order valence-electron chi connectivity index (χ0n) is 62.1. The Bertz CT molecular complexity index is 4680. The molecule has 0 radical (unpaired) electrons. The first-order valence-electron chi connectivity index (χ1n) is 37.9. The van der Waals surface area contributed by atoms with E-state index >= 15 is 0 Å². The van der Waals surface area contributed by atoms with Gasteiger partial charge in [-0.25, -0.2) is 14.4 Å². The second-order valence-corrected chi connectivity index (χ2v) is 33.7.